The largest absolute Gasteiger partial charge is 0.455 e. The van der Waals surface area contributed by atoms with Crippen LogP contribution in [0.25, 0.3) is 87.8 Å². The molecular weight excluding hydrogens is 583 g/mol. The highest BCUT2D eigenvalue weighted by Gasteiger charge is 2.18. The third-order valence-electron chi connectivity index (χ3n) is 8.35. The molecular formula is C41H25N3OS. The molecule has 0 atom stereocenters. The molecule has 0 saturated carbocycles. The Balaban J connectivity index is 1.23. The molecule has 6 aromatic carbocycles. The predicted octanol–water partition coefficient (Wildman–Crippen LogP) is 11.3. The number of fused-ring (bicyclic) bond motifs is 4. The van der Waals surface area contributed by atoms with Gasteiger partial charge in [0.25, 0.3) is 0 Å². The Labute approximate surface area is 269 Å². The van der Waals surface area contributed by atoms with E-state index < -0.39 is 0 Å². The van der Waals surface area contributed by atoms with Gasteiger partial charge in [0.1, 0.15) is 16.2 Å². The summed E-state index contributed by atoms with van der Waals surface area (Å²) in [5.74, 6) is 0.648. The molecule has 0 unspecified atom stereocenters. The van der Waals surface area contributed by atoms with E-state index in [4.69, 9.17) is 19.4 Å². The van der Waals surface area contributed by atoms with E-state index in [1.165, 1.54) is 0 Å². The van der Waals surface area contributed by atoms with E-state index in [0.29, 0.717) is 5.82 Å². The minimum absolute atomic E-state index is 0.648. The fourth-order valence-corrected chi connectivity index (χ4v) is 7.11. The number of benzene rings is 6. The number of nitrogens with zero attached hydrogens (tertiary/aromatic N) is 3. The van der Waals surface area contributed by atoms with Crippen molar-refractivity contribution in [3.8, 4) is 55.6 Å². The second-order valence-electron chi connectivity index (χ2n) is 11.2. The monoisotopic (exact) mass is 607 g/mol. The Kier molecular flexibility index (Phi) is 6.28. The molecule has 0 saturated heterocycles. The van der Waals surface area contributed by atoms with Gasteiger partial charge in [0.2, 0.25) is 0 Å². The maximum absolute atomic E-state index is 6.46. The highest BCUT2D eigenvalue weighted by molar-refractivity contribution is 7.21. The first-order valence-electron chi connectivity index (χ1n) is 15.2. The molecule has 216 valence electrons. The molecule has 9 rings (SSSR count). The predicted molar refractivity (Wildman–Crippen MR) is 190 cm³/mol. The van der Waals surface area contributed by atoms with Crippen LogP contribution in [0, 0.1) is 0 Å². The molecule has 0 aliphatic heterocycles. The molecule has 0 bridgehead atoms. The van der Waals surface area contributed by atoms with Gasteiger partial charge < -0.3 is 4.42 Å². The molecule has 9 aromatic rings. The molecule has 3 aromatic heterocycles. The van der Waals surface area contributed by atoms with Crippen molar-refractivity contribution in [3.63, 3.8) is 0 Å². The summed E-state index contributed by atoms with van der Waals surface area (Å²) in [7, 11) is 0. The quantitative estimate of drug-likeness (QED) is 0.195. The Morgan fingerprint density at radius 1 is 0.457 bits per heavy atom. The number of furan rings is 1. The van der Waals surface area contributed by atoms with Crippen LogP contribution in [-0.2, 0) is 0 Å². The van der Waals surface area contributed by atoms with Crippen molar-refractivity contribution in [2.24, 2.45) is 0 Å². The van der Waals surface area contributed by atoms with Crippen LogP contribution in [0.15, 0.2) is 156 Å². The standard InChI is InChI=1S/C41H25N3OS/c1-4-12-26(13-5-1)30-18-10-19-31-33-24-29(22-23-36(33)45-39(30)31)35-25-34(27-14-6-2-7-15-27)42-40(43-35)32-20-11-21-37-38(32)44-41(46-37)28-16-8-3-9-17-28/h1-25H. The van der Waals surface area contributed by atoms with E-state index in [2.05, 4.69) is 109 Å². The zero-order chi connectivity index (χ0) is 30.5. The van der Waals surface area contributed by atoms with Crippen molar-refractivity contribution in [1.29, 1.82) is 0 Å². The smallest absolute Gasteiger partial charge is 0.162 e. The lowest BCUT2D eigenvalue weighted by Gasteiger charge is -2.10. The molecule has 46 heavy (non-hydrogen) atoms. The van der Waals surface area contributed by atoms with Gasteiger partial charge in [-0.1, -0.05) is 115 Å². The van der Waals surface area contributed by atoms with Gasteiger partial charge in [-0.15, -0.1) is 11.3 Å². The van der Waals surface area contributed by atoms with Crippen molar-refractivity contribution in [2.45, 2.75) is 0 Å². The summed E-state index contributed by atoms with van der Waals surface area (Å²) < 4.78 is 7.57. The highest BCUT2D eigenvalue weighted by Crippen LogP contribution is 2.39. The second-order valence-corrected chi connectivity index (χ2v) is 12.3. The van der Waals surface area contributed by atoms with Crippen molar-refractivity contribution >= 4 is 43.5 Å². The van der Waals surface area contributed by atoms with E-state index in [-0.39, 0.29) is 0 Å². The molecule has 0 spiro atoms. The number of thiazole rings is 1. The summed E-state index contributed by atoms with van der Waals surface area (Å²) in [6.45, 7) is 0. The summed E-state index contributed by atoms with van der Waals surface area (Å²) in [6.07, 6.45) is 0. The van der Waals surface area contributed by atoms with Gasteiger partial charge in [-0.05, 0) is 42.0 Å². The summed E-state index contributed by atoms with van der Waals surface area (Å²) >= 11 is 1.69. The molecule has 0 amide bonds. The third kappa shape index (κ3) is 4.57. The number of hydrogen-bond acceptors (Lipinski definition) is 5. The molecule has 0 aliphatic carbocycles. The van der Waals surface area contributed by atoms with Crippen LogP contribution in [0.2, 0.25) is 0 Å². The average Bonchev–Trinajstić information content (AvgIpc) is 3.74. The first kappa shape index (κ1) is 26.5. The molecule has 0 N–H and O–H groups in total. The van der Waals surface area contributed by atoms with Crippen molar-refractivity contribution in [3.05, 3.63) is 152 Å². The summed E-state index contributed by atoms with van der Waals surface area (Å²) in [5.41, 5.74) is 10.6. The first-order chi connectivity index (χ1) is 22.8. The Morgan fingerprint density at radius 3 is 1.87 bits per heavy atom. The van der Waals surface area contributed by atoms with Gasteiger partial charge in [0.15, 0.2) is 5.82 Å². The van der Waals surface area contributed by atoms with Crippen LogP contribution in [0.5, 0.6) is 0 Å². The Hall–Kier alpha value is -5.91. The van der Waals surface area contributed by atoms with Crippen molar-refractivity contribution in [1.82, 2.24) is 15.0 Å². The minimum atomic E-state index is 0.648. The maximum atomic E-state index is 6.46. The molecule has 0 radical (unpaired) electrons. The zero-order valence-corrected chi connectivity index (χ0v) is 25.4. The van der Waals surface area contributed by atoms with Gasteiger partial charge in [-0.25, -0.2) is 15.0 Å². The zero-order valence-electron chi connectivity index (χ0n) is 24.6. The third-order valence-corrected chi connectivity index (χ3v) is 9.42. The van der Waals surface area contributed by atoms with Gasteiger partial charge in [-0.3, -0.25) is 0 Å². The van der Waals surface area contributed by atoms with Crippen LogP contribution in [-0.4, -0.2) is 15.0 Å². The second kappa shape index (κ2) is 10.9. The highest BCUT2D eigenvalue weighted by atomic mass is 32.1. The molecule has 3 heterocycles. The van der Waals surface area contributed by atoms with Gasteiger partial charge >= 0.3 is 0 Å². The van der Waals surface area contributed by atoms with Crippen LogP contribution >= 0.6 is 11.3 Å². The lowest BCUT2D eigenvalue weighted by atomic mass is 10.0. The fraction of sp³-hybridized carbons (Fsp3) is 0. The summed E-state index contributed by atoms with van der Waals surface area (Å²) in [5, 5.41) is 3.12. The molecule has 5 heteroatoms. The van der Waals surface area contributed by atoms with E-state index in [9.17, 15) is 0 Å². The van der Waals surface area contributed by atoms with Crippen LogP contribution < -0.4 is 0 Å². The summed E-state index contributed by atoms with van der Waals surface area (Å²) in [6, 6.07) is 52.0. The number of aromatic nitrogens is 3. The normalized spacial score (nSPS) is 11.5. The Bertz CT molecular complexity index is 2520. The first-order valence-corrected chi connectivity index (χ1v) is 16.0. The van der Waals surface area contributed by atoms with Gasteiger partial charge in [-0.2, -0.15) is 0 Å². The summed E-state index contributed by atoms with van der Waals surface area (Å²) in [4.78, 5) is 15.4. The average molecular weight is 608 g/mol. The molecule has 0 aliphatic rings. The maximum Gasteiger partial charge on any atom is 0.162 e. The van der Waals surface area contributed by atoms with E-state index in [0.717, 1.165) is 81.9 Å². The number of hydrogen-bond donors (Lipinski definition) is 0. The molecule has 4 nitrogen and oxygen atoms in total. The SMILES string of the molecule is c1ccc(-c2cc(-c3ccc4oc5c(-c6ccccc6)cccc5c4c3)nc(-c3cccc4sc(-c5ccccc5)nc34)n2)cc1. The van der Waals surface area contributed by atoms with Gasteiger partial charge in [0, 0.05) is 38.6 Å². The fourth-order valence-electron chi connectivity index (χ4n) is 6.11. The van der Waals surface area contributed by atoms with Crippen LogP contribution in [0.3, 0.4) is 0 Å². The van der Waals surface area contributed by atoms with Crippen molar-refractivity contribution < 1.29 is 4.42 Å². The number of rotatable bonds is 5. The van der Waals surface area contributed by atoms with Gasteiger partial charge in [0.05, 0.1) is 21.6 Å². The van der Waals surface area contributed by atoms with E-state index in [1.54, 1.807) is 11.3 Å². The Morgan fingerprint density at radius 2 is 1.11 bits per heavy atom. The van der Waals surface area contributed by atoms with Crippen LogP contribution in [0.1, 0.15) is 0 Å². The lowest BCUT2D eigenvalue weighted by Crippen LogP contribution is -1.96. The van der Waals surface area contributed by atoms with Crippen LogP contribution in [0.4, 0.5) is 0 Å². The molecule has 0 fully saturated rings. The lowest BCUT2D eigenvalue weighted by molar-refractivity contribution is 0.670. The van der Waals surface area contributed by atoms with E-state index >= 15 is 0 Å². The topological polar surface area (TPSA) is 51.8 Å². The number of para-hydroxylation sites is 2. The van der Waals surface area contributed by atoms with Crippen molar-refractivity contribution in [2.75, 3.05) is 0 Å². The van der Waals surface area contributed by atoms with E-state index in [1.807, 2.05) is 42.5 Å². The minimum Gasteiger partial charge on any atom is -0.455 e.